The normalized spacial score (nSPS) is 10.5. The van der Waals surface area contributed by atoms with E-state index in [-0.39, 0.29) is 5.91 Å². The Kier molecular flexibility index (Phi) is 5.57. The number of carbonyl (C=O) groups is 1. The molecule has 23 heavy (non-hydrogen) atoms. The molecule has 0 aliphatic carbocycles. The number of benzene rings is 2. The Labute approximate surface area is 134 Å². The third-order valence-corrected chi connectivity index (χ3v) is 3.06. The molecule has 0 heterocycles. The summed E-state index contributed by atoms with van der Waals surface area (Å²) in [4.78, 5) is 11.0. The van der Waals surface area contributed by atoms with Gasteiger partial charge in [-0.05, 0) is 35.9 Å². The van der Waals surface area contributed by atoms with Gasteiger partial charge in [-0.1, -0.05) is 17.3 Å². The highest BCUT2D eigenvalue weighted by atomic mass is 16.5. The molecular formula is C17H18N2O4. The van der Waals surface area contributed by atoms with Crippen molar-refractivity contribution in [2.45, 2.75) is 13.5 Å². The number of anilines is 1. The first kappa shape index (κ1) is 16.4. The number of methoxy groups -OCH3 is 1. The van der Waals surface area contributed by atoms with E-state index in [9.17, 15) is 4.79 Å². The molecule has 0 aromatic heterocycles. The van der Waals surface area contributed by atoms with E-state index in [1.807, 2.05) is 24.3 Å². The number of nitrogens with one attached hydrogen (secondary N) is 1. The average Bonchev–Trinajstić information content (AvgIpc) is 2.54. The van der Waals surface area contributed by atoms with Gasteiger partial charge in [-0.3, -0.25) is 4.79 Å². The first-order chi connectivity index (χ1) is 11.1. The van der Waals surface area contributed by atoms with E-state index in [1.165, 1.54) is 13.1 Å². The molecule has 0 atom stereocenters. The number of hydrogen-bond acceptors (Lipinski definition) is 5. The average molecular weight is 314 g/mol. The summed E-state index contributed by atoms with van der Waals surface area (Å²) < 4.78 is 11.0. The summed E-state index contributed by atoms with van der Waals surface area (Å²) in [5.41, 5.74) is 2.41. The van der Waals surface area contributed by atoms with Crippen molar-refractivity contribution in [2.75, 3.05) is 12.4 Å². The fraction of sp³-hybridized carbons (Fsp3) is 0.176. The van der Waals surface area contributed by atoms with Crippen LogP contribution in [-0.2, 0) is 11.4 Å². The largest absolute Gasteiger partial charge is 0.493 e. The van der Waals surface area contributed by atoms with Gasteiger partial charge in [0.2, 0.25) is 5.91 Å². The van der Waals surface area contributed by atoms with E-state index in [1.54, 1.807) is 25.3 Å². The Morgan fingerprint density at radius 2 is 1.96 bits per heavy atom. The molecular weight excluding hydrogens is 296 g/mol. The van der Waals surface area contributed by atoms with E-state index in [4.69, 9.17) is 14.7 Å². The number of amides is 1. The van der Waals surface area contributed by atoms with Crippen molar-refractivity contribution >= 4 is 17.8 Å². The van der Waals surface area contributed by atoms with Gasteiger partial charge >= 0.3 is 0 Å². The van der Waals surface area contributed by atoms with Gasteiger partial charge in [0.05, 0.1) is 13.3 Å². The van der Waals surface area contributed by atoms with Gasteiger partial charge in [-0.2, -0.15) is 0 Å². The van der Waals surface area contributed by atoms with Crippen LogP contribution in [0.3, 0.4) is 0 Å². The highest BCUT2D eigenvalue weighted by Crippen LogP contribution is 2.28. The molecule has 6 nitrogen and oxygen atoms in total. The molecule has 0 bridgehead atoms. The molecule has 6 heteroatoms. The van der Waals surface area contributed by atoms with Gasteiger partial charge in [0.25, 0.3) is 0 Å². The van der Waals surface area contributed by atoms with Gasteiger partial charge in [0, 0.05) is 18.2 Å². The monoisotopic (exact) mass is 314 g/mol. The third kappa shape index (κ3) is 4.74. The van der Waals surface area contributed by atoms with Crippen LogP contribution in [0.2, 0.25) is 0 Å². The Balaban J connectivity index is 2.04. The number of ether oxygens (including phenoxy) is 2. The molecule has 0 radical (unpaired) electrons. The number of oxime groups is 1. The Bertz CT molecular complexity index is 696. The predicted octanol–water partition coefficient (Wildman–Crippen LogP) is 3.04. The van der Waals surface area contributed by atoms with E-state index in [2.05, 4.69) is 10.5 Å². The highest BCUT2D eigenvalue weighted by molar-refractivity contribution is 5.88. The summed E-state index contributed by atoms with van der Waals surface area (Å²) in [5, 5.41) is 14.2. The minimum atomic E-state index is -0.106. The molecule has 0 aliphatic rings. The van der Waals surface area contributed by atoms with Crippen LogP contribution in [0.15, 0.2) is 47.6 Å². The van der Waals surface area contributed by atoms with Gasteiger partial charge in [-0.25, -0.2) is 0 Å². The van der Waals surface area contributed by atoms with Crippen molar-refractivity contribution < 1.29 is 19.5 Å². The molecule has 0 aliphatic heterocycles. The number of hydrogen-bond donors (Lipinski definition) is 2. The smallest absolute Gasteiger partial charge is 0.221 e. The highest BCUT2D eigenvalue weighted by Gasteiger charge is 2.06. The molecule has 2 aromatic rings. The van der Waals surface area contributed by atoms with E-state index in [0.717, 1.165) is 11.3 Å². The van der Waals surface area contributed by atoms with Gasteiger partial charge in [0.15, 0.2) is 11.5 Å². The second kappa shape index (κ2) is 7.84. The lowest BCUT2D eigenvalue weighted by Crippen LogP contribution is -2.05. The predicted molar refractivity (Wildman–Crippen MR) is 87.5 cm³/mol. The molecule has 0 fully saturated rings. The second-order valence-electron chi connectivity index (χ2n) is 4.82. The molecule has 0 spiro atoms. The topological polar surface area (TPSA) is 80.2 Å². The van der Waals surface area contributed by atoms with Crippen LogP contribution in [0.5, 0.6) is 11.5 Å². The summed E-state index contributed by atoms with van der Waals surface area (Å²) in [5.74, 6) is 1.04. The molecule has 1 amide bonds. The van der Waals surface area contributed by atoms with E-state index >= 15 is 0 Å². The van der Waals surface area contributed by atoms with Crippen molar-refractivity contribution in [3.63, 3.8) is 0 Å². The van der Waals surface area contributed by atoms with E-state index < -0.39 is 0 Å². The maximum atomic E-state index is 11.0. The quantitative estimate of drug-likeness (QED) is 0.488. The first-order valence-electron chi connectivity index (χ1n) is 6.97. The summed E-state index contributed by atoms with van der Waals surface area (Å²) in [6.45, 7) is 1.83. The summed E-state index contributed by atoms with van der Waals surface area (Å²) in [6, 6.07) is 12.6. The SMILES string of the molecule is COc1cc(/C=N\O)ccc1OCc1ccc(NC(C)=O)cc1. The number of carbonyl (C=O) groups excluding carboxylic acids is 1. The molecule has 0 saturated carbocycles. The zero-order chi connectivity index (χ0) is 16.7. The molecule has 2 rings (SSSR count). The summed E-state index contributed by atoms with van der Waals surface area (Å²) >= 11 is 0. The molecule has 2 N–H and O–H groups in total. The van der Waals surface area contributed by atoms with Crippen molar-refractivity contribution in [3.8, 4) is 11.5 Å². The second-order valence-corrected chi connectivity index (χ2v) is 4.82. The molecule has 0 unspecified atom stereocenters. The standard InChI is InChI=1S/C17H18N2O4/c1-12(20)19-15-6-3-13(4-7-15)11-23-16-8-5-14(10-18-21)9-17(16)22-2/h3-10,21H,11H2,1-2H3,(H,19,20)/b18-10-. The van der Waals surface area contributed by atoms with Gasteiger partial charge in [-0.15, -0.1) is 0 Å². The fourth-order valence-electron chi connectivity index (χ4n) is 2.00. The zero-order valence-corrected chi connectivity index (χ0v) is 12.9. The number of nitrogens with zero attached hydrogens (tertiary/aromatic N) is 1. The van der Waals surface area contributed by atoms with E-state index in [0.29, 0.717) is 23.7 Å². The summed E-state index contributed by atoms with van der Waals surface area (Å²) in [7, 11) is 1.55. The molecule has 120 valence electrons. The Morgan fingerprint density at radius 3 is 2.57 bits per heavy atom. The van der Waals surface area contributed by atoms with Crippen LogP contribution in [0, 0.1) is 0 Å². The van der Waals surface area contributed by atoms with Crippen LogP contribution in [0.1, 0.15) is 18.1 Å². The molecule has 0 saturated heterocycles. The Hall–Kier alpha value is -3.02. The maximum Gasteiger partial charge on any atom is 0.221 e. The van der Waals surface area contributed by atoms with Crippen molar-refractivity contribution in [3.05, 3.63) is 53.6 Å². The fourth-order valence-corrected chi connectivity index (χ4v) is 2.00. The zero-order valence-electron chi connectivity index (χ0n) is 12.9. The first-order valence-corrected chi connectivity index (χ1v) is 6.97. The molecule has 2 aromatic carbocycles. The third-order valence-electron chi connectivity index (χ3n) is 3.06. The van der Waals surface area contributed by atoms with Crippen LogP contribution in [-0.4, -0.2) is 24.4 Å². The maximum absolute atomic E-state index is 11.0. The van der Waals surface area contributed by atoms with Gasteiger partial charge < -0.3 is 20.0 Å². The van der Waals surface area contributed by atoms with Gasteiger partial charge in [0.1, 0.15) is 6.61 Å². The lowest BCUT2D eigenvalue weighted by Gasteiger charge is -2.11. The van der Waals surface area contributed by atoms with Crippen molar-refractivity contribution in [2.24, 2.45) is 5.16 Å². The van der Waals surface area contributed by atoms with Crippen LogP contribution in [0.4, 0.5) is 5.69 Å². The van der Waals surface area contributed by atoms with Crippen molar-refractivity contribution in [1.82, 2.24) is 0 Å². The minimum absolute atomic E-state index is 0.106. The van der Waals surface area contributed by atoms with Crippen LogP contribution >= 0.6 is 0 Å². The lowest BCUT2D eigenvalue weighted by molar-refractivity contribution is -0.114. The van der Waals surface area contributed by atoms with Crippen LogP contribution < -0.4 is 14.8 Å². The lowest BCUT2D eigenvalue weighted by atomic mass is 10.2. The minimum Gasteiger partial charge on any atom is -0.493 e. The summed E-state index contributed by atoms with van der Waals surface area (Å²) in [6.07, 6.45) is 1.31. The number of rotatable bonds is 6. The Morgan fingerprint density at radius 1 is 1.22 bits per heavy atom. The van der Waals surface area contributed by atoms with Crippen molar-refractivity contribution in [1.29, 1.82) is 0 Å². The van der Waals surface area contributed by atoms with Crippen LogP contribution in [0.25, 0.3) is 0 Å².